The average Bonchev–Trinajstić information content (AvgIpc) is 2.40. The molecule has 0 unspecified atom stereocenters. The van der Waals surface area contributed by atoms with E-state index in [0.29, 0.717) is 5.69 Å². The lowest BCUT2D eigenvalue weighted by Crippen LogP contribution is -2.14. The molecule has 0 heterocycles. The third kappa shape index (κ3) is 2.74. The summed E-state index contributed by atoms with van der Waals surface area (Å²) in [5.74, 6) is -0.922. The van der Waals surface area contributed by atoms with E-state index < -0.39 is 11.7 Å². The lowest BCUT2D eigenvalue weighted by atomic mass is 10.1. The van der Waals surface area contributed by atoms with Gasteiger partial charge in [-0.05, 0) is 36.2 Å². The smallest absolute Gasteiger partial charge is 0.258 e. The quantitative estimate of drug-likeness (QED) is 0.876. The number of nitrogens with one attached hydrogen (secondary N) is 1. The van der Waals surface area contributed by atoms with Gasteiger partial charge in [0.05, 0.1) is 5.56 Å². The highest BCUT2D eigenvalue weighted by molar-refractivity contribution is 6.04. The third-order valence-electron chi connectivity index (χ3n) is 2.72. The number of aryl methyl sites for hydroxylation is 1. The lowest BCUT2D eigenvalue weighted by molar-refractivity contribution is 0.102. The van der Waals surface area contributed by atoms with Crippen molar-refractivity contribution in [2.24, 2.45) is 0 Å². The van der Waals surface area contributed by atoms with E-state index in [1.54, 1.807) is 24.3 Å². The number of carbonyl (C=O) groups excluding carboxylic acids is 1. The van der Waals surface area contributed by atoms with E-state index in [-0.39, 0.29) is 5.56 Å². The van der Waals surface area contributed by atoms with Crippen molar-refractivity contribution in [3.63, 3.8) is 0 Å². The Morgan fingerprint density at radius 2 is 1.89 bits per heavy atom. The van der Waals surface area contributed by atoms with Gasteiger partial charge in [-0.2, -0.15) is 0 Å². The van der Waals surface area contributed by atoms with E-state index >= 15 is 0 Å². The summed E-state index contributed by atoms with van der Waals surface area (Å²) in [6.07, 6.45) is 0.770. The van der Waals surface area contributed by atoms with Crippen LogP contribution in [0.4, 0.5) is 10.1 Å². The van der Waals surface area contributed by atoms with Gasteiger partial charge < -0.3 is 5.32 Å². The molecule has 0 spiro atoms. The second-order valence-corrected chi connectivity index (χ2v) is 3.99. The van der Waals surface area contributed by atoms with Crippen molar-refractivity contribution in [3.8, 4) is 0 Å². The molecule has 2 rings (SSSR count). The number of amides is 1. The molecule has 2 nitrogen and oxygen atoms in total. The molecule has 0 saturated heterocycles. The second-order valence-electron chi connectivity index (χ2n) is 3.99. The van der Waals surface area contributed by atoms with Crippen molar-refractivity contribution in [3.05, 3.63) is 65.5 Å². The first-order chi connectivity index (χ1) is 8.70. The first kappa shape index (κ1) is 12.3. The maximum atomic E-state index is 13.6. The minimum Gasteiger partial charge on any atom is -0.322 e. The fourth-order valence-corrected chi connectivity index (χ4v) is 1.69. The van der Waals surface area contributed by atoms with Crippen molar-refractivity contribution in [1.29, 1.82) is 0 Å². The standard InChI is InChI=1S/C15H14FNO/c1-2-11-8-9-14(16)13(10-11)15(18)17-12-6-4-3-5-7-12/h3-10H,2H2,1H3,(H,17,18). The molecule has 0 saturated carbocycles. The maximum Gasteiger partial charge on any atom is 0.258 e. The Hall–Kier alpha value is -2.16. The van der Waals surface area contributed by atoms with Gasteiger partial charge in [-0.15, -0.1) is 0 Å². The van der Waals surface area contributed by atoms with Crippen LogP contribution in [0.1, 0.15) is 22.8 Å². The highest BCUT2D eigenvalue weighted by atomic mass is 19.1. The van der Waals surface area contributed by atoms with Gasteiger partial charge in [0.2, 0.25) is 0 Å². The summed E-state index contributed by atoms with van der Waals surface area (Å²) < 4.78 is 13.6. The Bertz CT molecular complexity index is 552. The average molecular weight is 243 g/mol. The Morgan fingerprint density at radius 1 is 1.17 bits per heavy atom. The van der Waals surface area contributed by atoms with E-state index in [1.165, 1.54) is 6.07 Å². The van der Waals surface area contributed by atoms with Crippen LogP contribution in [-0.4, -0.2) is 5.91 Å². The van der Waals surface area contributed by atoms with Gasteiger partial charge in [0.1, 0.15) is 5.82 Å². The number of para-hydroxylation sites is 1. The number of benzene rings is 2. The van der Waals surface area contributed by atoms with Crippen LogP contribution in [0.15, 0.2) is 48.5 Å². The van der Waals surface area contributed by atoms with Crippen molar-refractivity contribution < 1.29 is 9.18 Å². The molecule has 0 radical (unpaired) electrons. The van der Waals surface area contributed by atoms with Crippen LogP contribution in [-0.2, 0) is 6.42 Å². The summed E-state index contributed by atoms with van der Waals surface area (Å²) in [4.78, 5) is 12.0. The van der Waals surface area contributed by atoms with Crippen molar-refractivity contribution >= 4 is 11.6 Å². The van der Waals surface area contributed by atoms with Gasteiger partial charge in [0.15, 0.2) is 0 Å². The number of anilines is 1. The molecule has 1 amide bonds. The largest absolute Gasteiger partial charge is 0.322 e. The molecule has 18 heavy (non-hydrogen) atoms. The summed E-state index contributed by atoms with van der Waals surface area (Å²) in [6, 6.07) is 13.6. The zero-order valence-corrected chi connectivity index (χ0v) is 10.1. The molecule has 0 aliphatic carbocycles. The molecule has 0 fully saturated rings. The van der Waals surface area contributed by atoms with E-state index in [2.05, 4.69) is 5.32 Å². The van der Waals surface area contributed by atoms with E-state index in [0.717, 1.165) is 12.0 Å². The van der Waals surface area contributed by atoms with Crippen LogP contribution in [0.5, 0.6) is 0 Å². The summed E-state index contributed by atoms with van der Waals surface area (Å²) in [5, 5.41) is 2.67. The summed E-state index contributed by atoms with van der Waals surface area (Å²) in [6.45, 7) is 1.96. The van der Waals surface area contributed by atoms with E-state index in [1.807, 2.05) is 25.1 Å². The molecule has 2 aromatic rings. The van der Waals surface area contributed by atoms with Gasteiger partial charge in [0, 0.05) is 5.69 Å². The summed E-state index contributed by atoms with van der Waals surface area (Å²) in [5.41, 5.74) is 1.68. The van der Waals surface area contributed by atoms with Crippen LogP contribution < -0.4 is 5.32 Å². The minimum absolute atomic E-state index is 0.0817. The molecule has 2 aromatic carbocycles. The van der Waals surface area contributed by atoms with Crippen LogP contribution in [0, 0.1) is 5.82 Å². The third-order valence-corrected chi connectivity index (χ3v) is 2.72. The fraction of sp³-hybridized carbons (Fsp3) is 0.133. The Kier molecular flexibility index (Phi) is 3.72. The topological polar surface area (TPSA) is 29.1 Å². The molecule has 0 aliphatic rings. The number of halogens is 1. The van der Waals surface area contributed by atoms with Gasteiger partial charge in [-0.25, -0.2) is 4.39 Å². The first-order valence-electron chi connectivity index (χ1n) is 5.85. The zero-order valence-electron chi connectivity index (χ0n) is 10.1. The molecule has 0 aromatic heterocycles. The van der Waals surface area contributed by atoms with Crippen LogP contribution in [0.2, 0.25) is 0 Å². The maximum absolute atomic E-state index is 13.6. The van der Waals surface area contributed by atoms with Crippen molar-refractivity contribution in [2.75, 3.05) is 5.32 Å². The van der Waals surface area contributed by atoms with Crippen molar-refractivity contribution in [1.82, 2.24) is 0 Å². The monoisotopic (exact) mass is 243 g/mol. The fourth-order valence-electron chi connectivity index (χ4n) is 1.69. The van der Waals surface area contributed by atoms with Crippen LogP contribution >= 0.6 is 0 Å². The molecule has 0 aliphatic heterocycles. The first-order valence-corrected chi connectivity index (χ1v) is 5.85. The predicted octanol–water partition coefficient (Wildman–Crippen LogP) is 3.64. The normalized spacial score (nSPS) is 10.1. The lowest BCUT2D eigenvalue weighted by Gasteiger charge is -2.07. The Morgan fingerprint density at radius 3 is 2.56 bits per heavy atom. The minimum atomic E-state index is -0.499. The Balaban J connectivity index is 2.23. The van der Waals surface area contributed by atoms with Crippen molar-refractivity contribution in [2.45, 2.75) is 13.3 Å². The number of rotatable bonds is 3. The summed E-state index contributed by atoms with van der Waals surface area (Å²) in [7, 11) is 0. The predicted molar refractivity (Wildman–Crippen MR) is 70.2 cm³/mol. The van der Waals surface area contributed by atoms with E-state index in [9.17, 15) is 9.18 Å². The number of hydrogen-bond acceptors (Lipinski definition) is 1. The van der Waals surface area contributed by atoms with E-state index in [4.69, 9.17) is 0 Å². The molecule has 0 atom stereocenters. The molecule has 0 bridgehead atoms. The molecular weight excluding hydrogens is 229 g/mol. The Labute approximate surface area is 105 Å². The highest BCUT2D eigenvalue weighted by Gasteiger charge is 2.12. The SMILES string of the molecule is CCc1ccc(F)c(C(=O)Nc2ccccc2)c1. The van der Waals surface area contributed by atoms with Crippen LogP contribution in [0.25, 0.3) is 0 Å². The molecular formula is C15H14FNO. The van der Waals surface area contributed by atoms with Gasteiger partial charge >= 0.3 is 0 Å². The van der Waals surface area contributed by atoms with Gasteiger partial charge in [-0.3, -0.25) is 4.79 Å². The number of hydrogen-bond donors (Lipinski definition) is 1. The molecule has 92 valence electrons. The molecule has 1 N–H and O–H groups in total. The second kappa shape index (κ2) is 5.45. The van der Waals surface area contributed by atoms with Crippen LogP contribution in [0.3, 0.4) is 0 Å². The molecule has 3 heteroatoms. The van der Waals surface area contributed by atoms with Gasteiger partial charge in [-0.1, -0.05) is 31.2 Å². The summed E-state index contributed by atoms with van der Waals surface area (Å²) >= 11 is 0. The highest BCUT2D eigenvalue weighted by Crippen LogP contribution is 2.14. The van der Waals surface area contributed by atoms with Gasteiger partial charge in [0.25, 0.3) is 5.91 Å². The number of carbonyl (C=O) groups is 1. The zero-order chi connectivity index (χ0) is 13.0.